The number of nitriles is 1. The Hall–Kier alpha value is -1.53. The number of benzene rings is 1. The molecular weight excluding hydrogens is 236 g/mol. The Balaban J connectivity index is 2.06. The molecule has 0 radical (unpaired) electrons. The van der Waals surface area contributed by atoms with Crippen LogP contribution in [-0.4, -0.2) is 23.2 Å². The maximum atomic E-state index is 11.7. The highest BCUT2D eigenvalue weighted by molar-refractivity contribution is 6.18. The summed E-state index contributed by atoms with van der Waals surface area (Å²) in [5.74, 6) is 0.946. The van der Waals surface area contributed by atoms with Gasteiger partial charge in [0.05, 0.1) is 11.6 Å². The molecule has 1 aromatic carbocycles. The summed E-state index contributed by atoms with van der Waals surface area (Å²) in [5, 5.41) is 8.81. The summed E-state index contributed by atoms with van der Waals surface area (Å²) in [7, 11) is 0. The first-order valence-corrected chi connectivity index (χ1v) is 6.09. The van der Waals surface area contributed by atoms with Gasteiger partial charge in [-0.15, -0.1) is 11.6 Å². The Kier molecular flexibility index (Phi) is 3.65. The van der Waals surface area contributed by atoms with Gasteiger partial charge in [-0.25, -0.2) is 0 Å². The molecule has 1 amide bonds. The fraction of sp³-hybridized carbons (Fsp3) is 0.385. The average Bonchev–Trinajstić information content (AvgIpc) is 2.70. The van der Waals surface area contributed by atoms with E-state index >= 15 is 0 Å². The van der Waals surface area contributed by atoms with Crippen molar-refractivity contribution in [1.82, 2.24) is 4.90 Å². The summed E-state index contributed by atoms with van der Waals surface area (Å²) in [6, 6.07) is 9.45. The number of rotatable bonds is 3. The van der Waals surface area contributed by atoms with E-state index in [1.54, 1.807) is 6.07 Å². The van der Waals surface area contributed by atoms with Crippen LogP contribution in [-0.2, 0) is 11.3 Å². The van der Waals surface area contributed by atoms with Crippen molar-refractivity contribution < 1.29 is 4.79 Å². The minimum Gasteiger partial charge on any atom is -0.338 e. The van der Waals surface area contributed by atoms with Gasteiger partial charge in [-0.1, -0.05) is 12.1 Å². The highest BCUT2D eigenvalue weighted by Crippen LogP contribution is 2.21. The molecule has 0 aliphatic carbocycles. The summed E-state index contributed by atoms with van der Waals surface area (Å²) in [5.41, 5.74) is 1.62. The molecule has 1 heterocycles. The van der Waals surface area contributed by atoms with Gasteiger partial charge in [-0.2, -0.15) is 5.26 Å². The molecule has 1 aliphatic rings. The molecule has 17 heavy (non-hydrogen) atoms. The number of carbonyl (C=O) groups is 1. The normalized spacial score (nSPS) is 19.4. The van der Waals surface area contributed by atoms with Crippen LogP contribution in [0.25, 0.3) is 0 Å². The molecule has 0 N–H and O–H groups in total. The van der Waals surface area contributed by atoms with Gasteiger partial charge in [0.2, 0.25) is 5.91 Å². The van der Waals surface area contributed by atoms with E-state index in [0.29, 0.717) is 24.4 Å². The van der Waals surface area contributed by atoms with Gasteiger partial charge in [0.1, 0.15) is 0 Å². The van der Waals surface area contributed by atoms with Crippen molar-refractivity contribution in [2.45, 2.75) is 13.0 Å². The first-order valence-electron chi connectivity index (χ1n) is 5.55. The second-order valence-corrected chi connectivity index (χ2v) is 4.62. The number of carbonyl (C=O) groups excluding carboxylic acids is 1. The zero-order chi connectivity index (χ0) is 12.3. The van der Waals surface area contributed by atoms with Gasteiger partial charge >= 0.3 is 0 Å². The smallest absolute Gasteiger partial charge is 0.223 e. The van der Waals surface area contributed by atoms with Crippen LogP contribution in [0, 0.1) is 17.2 Å². The van der Waals surface area contributed by atoms with Gasteiger partial charge in [0.15, 0.2) is 0 Å². The first-order chi connectivity index (χ1) is 8.22. The van der Waals surface area contributed by atoms with Gasteiger partial charge < -0.3 is 4.90 Å². The van der Waals surface area contributed by atoms with E-state index in [4.69, 9.17) is 16.9 Å². The van der Waals surface area contributed by atoms with Crippen LogP contribution in [0.15, 0.2) is 24.3 Å². The monoisotopic (exact) mass is 248 g/mol. The third kappa shape index (κ3) is 2.78. The van der Waals surface area contributed by atoms with Crippen LogP contribution in [0.5, 0.6) is 0 Å². The number of halogens is 1. The van der Waals surface area contributed by atoms with Gasteiger partial charge in [0, 0.05) is 25.4 Å². The Bertz CT molecular complexity index is 467. The fourth-order valence-corrected chi connectivity index (χ4v) is 2.28. The van der Waals surface area contributed by atoms with Gasteiger partial charge in [-0.3, -0.25) is 4.79 Å². The largest absolute Gasteiger partial charge is 0.338 e. The Labute approximate surface area is 106 Å². The molecule has 1 atom stereocenters. The van der Waals surface area contributed by atoms with Gasteiger partial charge in [0.25, 0.3) is 0 Å². The van der Waals surface area contributed by atoms with Crippen LogP contribution >= 0.6 is 11.6 Å². The van der Waals surface area contributed by atoms with Crippen LogP contribution in [0.2, 0.25) is 0 Å². The lowest BCUT2D eigenvalue weighted by Gasteiger charge is -2.16. The number of amides is 1. The predicted octanol–water partition coefficient (Wildman–Crippen LogP) is 2.15. The molecule has 1 unspecified atom stereocenters. The lowest BCUT2D eigenvalue weighted by atomic mass is 10.1. The van der Waals surface area contributed by atoms with Crippen LogP contribution < -0.4 is 0 Å². The molecule has 1 aliphatic heterocycles. The van der Waals surface area contributed by atoms with E-state index in [0.717, 1.165) is 12.1 Å². The molecule has 3 nitrogen and oxygen atoms in total. The van der Waals surface area contributed by atoms with Crippen molar-refractivity contribution in [2.75, 3.05) is 12.4 Å². The van der Waals surface area contributed by atoms with E-state index < -0.39 is 0 Å². The van der Waals surface area contributed by atoms with E-state index in [9.17, 15) is 4.79 Å². The third-order valence-electron chi connectivity index (χ3n) is 2.94. The van der Waals surface area contributed by atoms with Crippen LogP contribution in [0.3, 0.4) is 0 Å². The molecule has 1 saturated heterocycles. The molecule has 1 aromatic rings. The lowest BCUT2D eigenvalue weighted by molar-refractivity contribution is -0.128. The molecule has 0 spiro atoms. The maximum Gasteiger partial charge on any atom is 0.223 e. The van der Waals surface area contributed by atoms with Crippen molar-refractivity contribution in [1.29, 1.82) is 5.26 Å². The minimum atomic E-state index is 0.151. The zero-order valence-corrected chi connectivity index (χ0v) is 10.2. The standard InChI is InChI=1S/C13H13ClN2O/c14-6-12-5-13(17)16(9-12)8-11-3-1-2-10(4-11)7-15/h1-4,12H,5-6,8-9H2. The Morgan fingerprint density at radius 1 is 1.53 bits per heavy atom. The first kappa shape index (κ1) is 11.9. The van der Waals surface area contributed by atoms with Crippen molar-refractivity contribution in [3.63, 3.8) is 0 Å². The number of likely N-dealkylation sites (tertiary alicyclic amines) is 1. The average molecular weight is 249 g/mol. The predicted molar refractivity (Wildman–Crippen MR) is 65.4 cm³/mol. The van der Waals surface area contributed by atoms with E-state index in [1.165, 1.54) is 0 Å². The van der Waals surface area contributed by atoms with Gasteiger partial charge in [-0.05, 0) is 23.6 Å². The highest BCUT2D eigenvalue weighted by Gasteiger charge is 2.28. The SMILES string of the molecule is N#Cc1cccc(CN2CC(CCl)CC2=O)c1. The second kappa shape index (κ2) is 5.20. The molecule has 0 saturated carbocycles. The summed E-state index contributed by atoms with van der Waals surface area (Å²) in [6.07, 6.45) is 0.543. The second-order valence-electron chi connectivity index (χ2n) is 4.31. The fourth-order valence-electron chi connectivity index (χ4n) is 2.07. The molecule has 2 rings (SSSR count). The van der Waals surface area contributed by atoms with E-state index in [2.05, 4.69) is 6.07 Å². The number of hydrogen-bond donors (Lipinski definition) is 0. The summed E-state index contributed by atoms with van der Waals surface area (Å²) in [6.45, 7) is 1.29. The number of nitrogens with zero attached hydrogens (tertiary/aromatic N) is 2. The van der Waals surface area contributed by atoms with Crippen LogP contribution in [0.4, 0.5) is 0 Å². The molecule has 0 bridgehead atoms. The number of alkyl halides is 1. The molecule has 0 aromatic heterocycles. The summed E-state index contributed by atoms with van der Waals surface area (Å²) in [4.78, 5) is 13.5. The van der Waals surface area contributed by atoms with E-state index in [1.807, 2.05) is 23.1 Å². The Morgan fingerprint density at radius 2 is 2.35 bits per heavy atom. The number of hydrogen-bond acceptors (Lipinski definition) is 2. The quantitative estimate of drug-likeness (QED) is 0.770. The lowest BCUT2D eigenvalue weighted by Crippen LogP contribution is -2.24. The maximum absolute atomic E-state index is 11.7. The van der Waals surface area contributed by atoms with Crippen molar-refractivity contribution in [3.05, 3.63) is 35.4 Å². The molecule has 1 fully saturated rings. The molecule has 88 valence electrons. The van der Waals surface area contributed by atoms with Crippen LogP contribution in [0.1, 0.15) is 17.5 Å². The summed E-state index contributed by atoms with van der Waals surface area (Å²) < 4.78 is 0. The topological polar surface area (TPSA) is 44.1 Å². The summed E-state index contributed by atoms with van der Waals surface area (Å²) >= 11 is 5.77. The van der Waals surface area contributed by atoms with Crippen molar-refractivity contribution in [3.8, 4) is 6.07 Å². The third-order valence-corrected chi connectivity index (χ3v) is 3.38. The minimum absolute atomic E-state index is 0.151. The van der Waals surface area contributed by atoms with Crippen molar-refractivity contribution >= 4 is 17.5 Å². The van der Waals surface area contributed by atoms with Crippen molar-refractivity contribution in [2.24, 2.45) is 5.92 Å². The molecule has 4 heteroatoms. The Morgan fingerprint density at radius 3 is 3.00 bits per heavy atom. The highest BCUT2D eigenvalue weighted by atomic mass is 35.5. The molecular formula is C13H13ClN2O. The van der Waals surface area contributed by atoms with E-state index in [-0.39, 0.29) is 11.8 Å². The zero-order valence-electron chi connectivity index (χ0n) is 9.40.